The normalized spacial score (nSPS) is 18.5. The summed E-state index contributed by atoms with van der Waals surface area (Å²) in [6.07, 6.45) is 4.88. The molecule has 0 saturated carbocycles. The van der Waals surface area contributed by atoms with Crippen molar-refractivity contribution >= 4 is 16.0 Å². The van der Waals surface area contributed by atoms with Gasteiger partial charge in [-0.2, -0.15) is 4.31 Å². The molecule has 1 saturated heterocycles. The van der Waals surface area contributed by atoms with Gasteiger partial charge in [0.05, 0.1) is 23.6 Å². The Morgan fingerprint density at radius 1 is 1.25 bits per heavy atom. The van der Waals surface area contributed by atoms with E-state index in [2.05, 4.69) is 9.72 Å². The van der Waals surface area contributed by atoms with Crippen molar-refractivity contribution in [1.29, 1.82) is 0 Å². The number of rotatable bonds is 4. The molecule has 126 valence electrons. The van der Waals surface area contributed by atoms with Crippen LogP contribution in [-0.4, -0.2) is 37.3 Å². The number of carbonyl (C=O) groups is 1. The zero-order valence-corrected chi connectivity index (χ0v) is 14.1. The molecule has 0 spiro atoms. The molecule has 0 aliphatic carbocycles. The maximum atomic E-state index is 13.0. The molecule has 1 aromatic carbocycles. The lowest BCUT2D eigenvalue weighted by Crippen LogP contribution is -2.30. The Labute approximate surface area is 141 Å². The average molecular weight is 346 g/mol. The van der Waals surface area contributed by atoms with Gasteiger partial charge in [-0.25, -0.2) is 13.2 Å². The van der Waals surface area contributed by atoms with E-state index in [1.54, 1.807) is 18.5 Å². The van der Waals surface area contributed by atoms with Crippen molar-refractivity contribution in [3.63, 3.8) is 0 Å². The molecule has 24 heavy (non-hydrogen) atoms. The molecule has 1 aliphatic rings. The van der Waals surface area contributed by atoms with E-state index in [0.29, 0.717) is 6.54 Å². The van der Waals surface area contributed by atoms with Gasteiger partial charge in [-0.05, 0) is 48.7 Å². The van der Waals surface area contributed by atoms with Crippen molar-refractivity contribution in [2.75, 3.05) is 13.7 Å². The first-order valence-corrected chi connectivity index (χ1v) is 9.08. The average Bonchev–Trinajstić information content (AvgIpc) is 3.12. The number of pyridine rings is 1. The summed E-state index contributed by atoms with van der Waals surface area (Å²) in [7, 11) is -2.43. The molecule has 2 heterocycles. The zero-order valence-electron chi connectivity index (χ0n) is 13.3. The first-order valence-electron chi connectivity index (χ1n) is 7.64. The summed E-state index contributed by atoms with van der Waals surface area (Å²) in [5, 5.41) is 0. The predicted octanol–water partition coefficient (Wildman–Crippen LogP) is 2.39. The zero-order chi connectivity index (χ0) is 17.2. The van der Waals surface area contributed by atoms with Crippen LogP contribution in [0.15, 0.2) is 53.7 Å². The minimum absolute atomic E-state index is 0.103. The second-order valence-electron chi connectivity index (χ2n) is 5.57. The van der Waals surface area contributed by atoms with Crippen LogP contribution < -0.4 is 0 Å². The van der Waals surface area contributed by atoms with E-state index in [4.69, 9.17) is 0 Å². The van der Waals surface area contributed by atoms with Gasteiger partial charge in [0, 0.05) is 18.9 Å². The monoisotopic (exact) mass is 346 g/mol. The first kappa shape index (κ1) is 16.6. The number of aromatic nitrogens is 1. The number of hydrogen-bond donors (Lipinski definition) is 0. The second kappa shape index (κ2) is 6.70. The number of methoxy groups -OCH3 is 1. The van der Waals surface area contributed by atoms with E-state index in [1.807, 2.05) is 12.1 Å². The Hall–Kier alpha value is -2.25. The molecule has 3 rings (SSSR count). The highest BCUT2D eigenvalue weighted by Gasteiger charge is 2.36. The largest absolute Gasteiger partial charge is 0.465 e. The number of carbonyl (C=O) groups excluding carboxylic acids is 1. The smallest absolute Gasteiger partial charge is 0.337 e. The van der Waals surface area contributed by atoms with Gasteiger partial charge < -0.3 is 4.74 Å². The lowest BCUT2D eigenvalue weighted by Gasteiger charge is -2.24. The summed E-state index contributed by atoms with van der Waals surface area (Å²) in [6.45, 7) is 0.456. The Bertz CT molecular complexity index is 837. The highest BCUT2D eigenvalue weighted by atomic mass is 32.2. The topological polar surface area (TPSA) is 76.6 Å². The molecule has 1 fully saturated rings. The highest BCUT2D eigenvalue weighted by molar-refractivity contribution is 7.89. The molecule has 0 bridgehead atoms. The van der Waals surface area contributed by atoms with Gasteiger partial charge in [-0.3, -0.25) is 4.98 Å². The molecule has 2 aromatic rings. The van der Waals surface area contributed by atoms with Crippen molar-refractivity contribution < 1.29 is 17.9 Å². The second-order valence-corrected chi connectivity index (χ2v) is 7.46. The number of esters is 1. The molecule has 1 unspecified atom stereocenters. The van der Waals surface area contributed by atoms with E-state index >= 15 is 0 Å². The third kappa shape index (κ3) is 3.05. The molecule has 1 aromatic heterocycles. The number of sulfonamides is 1. The number of ether oxygens (including phenoxy) is 1. The highest BCUT2D eigenvalue weighted by Crippen LogP contribution is 2.36. The molecule has 0 radical (unpaired) electrons. The standard InChI is InChI=1S/C17H18N2O4S/c1-23-17(20)14-4-2-5-15(12-14)24(21,22)19-11-3-6-16(19)13-7-9-18-10-8-13/h2,4-5,7-10,12,16H,3,6,11H2,1H3. The molecule has 1 aliphatic heterocycles. The van der Waals surface area contributed by atoms with Crippen molar-refractivity contribution in [2.45, 2.75) is 23.8 Å². The van der Waals surface area contributed by atoms with Gasteiger partial charge in [0.25, 0.3) is 0 Å². The molecular weight excluding hydrogens is 328 g/mol. The van der Waals surface area contributed by atoms with Crippen LogP contribution in [0, 0.1) is 0 Å². The summed E-state index contributed by atoms with van der Waals surface area (Å²) in [5.74, 6) is -0.556. The molecule has 1 atom stereocenters. The third-order valence-electron chi connectivity index (χ3n) is 4.16. The lowest BCUT2D eigenvalue weighted by molar-refractivity contribution is 0.0600. The predicted molar refractivity (Wildman–Crippen MR) is 87.9 cm³/mol. The molecular formula is C17H18N2O4S. The van der Waals surface area contributed by atoms with E-state index < -0.39 is 16.0 Å². The van der Waals surface area contributed by atoms with Gasteiger partial charge in [0.15, 0.2) is 0 Å². The summed E-state index contributed by atoms with van der Waals surface area (Å²) in [4.78, 5) is 15.7. The lowest BCUT2D eigenvalue weighted by atomic mass is 10.1. The minimum Gasteiger partial charge on any atom is -0.465 e. The molecule has 0 amide bonds. The number of nitrogens with zero attached hydrogens (tertiary/aromatic N) is 2. The van der Waals surface area contributed by atoms with E-state index in [0.717, 1.165) is 18.4 Å². The Kier molecular flexibility index (Phi) is 4.64. The van der Waals surface area contributed by atoms with Crippen LogP contribution in [0.3, 0.4) is 0 Å². The van der Waals surface area contributed by atoms with Crippen LogP contribution in [0.5, 0.6) is 0 Å². The summed E-state index contributed by atoms with van der Waals surface area (Å²) < 4.78 is 32.2. The Balaban J connectivity index is 1.97. The first-order chi connectivity index (χ1) is 11.5. The van der Waals surface area contributed by atoms with Gasteiger partial charge in [0.2, 0.25) is 10.0 Å². The van der Waals surface area contributed by atoms with Crippen molar-refractivity contribution in [3.8, 4) is 0 Å². The quantitative estimate of drug-likeness (QED) is 0.795. The van der Waals surface area contributed by atoms with Gasteiger partial charge in [-0.1, -0.05) is 6.07 Å². The summed E-state index contributed by atoms with van der Waals surface area (Å²) in [6, 6.07) is 9.42. The molecule has 0 N–H and O–H groups in total. The number of hydrogen-bond acceptors (Lipinski definition) is 5. The Morgan fingerprint density at radius 3 is 2.71 bits per heavy atom. The van der Waals surface area contributed by atoms with E-state index in [1.165, 1.54) is 29.6 Å². The fourth-order valence-corrected chi connectivity index (χ4v) is 4.71. The van der Waals surface area contributed by atoms with E-state index in [9.17, 15) is 13.2 Å². The minimum atomic E-state index is -3.70. The van der Waals surface area contributed by atoms with Crippen LogP contribution in [-0.2, 0) is 14.8 Å². The number of benzene rings is 1. The SMILES string of the molecule is COC(=O)c1cccc(S(=O)(=O)N2CCCC2c2ccncc2)c1. The molecule has 7 heteroatoms. The van der Waals surface area contributed by atoms with Crippen molar-refractivity contribution in [3.05, 3.63) is 59.9 Å². The van der Waals surface area contributed by atoms with Gasteiger partial charge in [-0.15, -0.1) is 0 Å². The van der Waals surface area contributed by atoms with Gasteiger partial charge in [0.1, 0.15) is 0 Å². The van der Waals surface area contributed by atoms with Crippen LogP contribution in [0.1, 0.15) is 34.8 Å². The fourth-order valence-electron chi connectivity index (χ4n) is 2.98. The van der Waals surface area contributed by atoms with Crippen LogP contribution in [0.25, 0.3) is 0 Å². The van der Waals surface area contributed by atoms with Gasteiger partial charge >= 0.3 is 5.97 Å². The Morgan fingerprint density at radius 2 is 2.00 bits per heavy atom. The van der Waals surface area contributed by atoms with Crippen LogP contribution in [0.4, 0.5) is 0 Å². The third-order valence-corrected chi connectivity index (χ3v) is 6.06. The molecule has 6 nitrogen and oxygen atoms in total. The van der Waals surface area contributed by atoms with Crippen LogP contribution in [0.2, 0.25) is 0 Å². The maximum Gasteiger partial charge on any atom is 0.337 e. The summed E-state index contributed by atoms with van der Waals surface area (Å²) >= 11 is 0. The van der Waals surface area contributed by atoms with Crippen molar-refractivity contribution in [1.82, 2.24) is 9.29 Å². The fraction of sp³-hybridized carbons (Fsp3) is 0.294. The van der Waals surface area contributed by atoms with Crippen LogP contribution >= 0.6 is 0 Å². The maximum absolute atomic E-state index is 13.0. The van der Waals surface area contributed by atoms with E-state index in [-0.39, 0.29) is 16.5 Å². The van der Waals surface area contributed by atoms with Crippen molar-refractivity contribution in [2.24, 2.45) is 0 Å². The summed E-state index contributed by atoms with van der Waals surface area (Å²) in [5.41, 5.74) is 1.15.